The van der Waals surface area contributed by atoms with Crippen LogP contribution in [0.25, 0.3) is 0 Å². The third kappa shape index (κ3) is 1.66. The van der Waals surface area contributed by atoms with Crippen LogP contribution in [0.5, 0.6) is 0 Å². The molecule has 0 unspecified atom stereocenters. The molecule has 0 aliphatic carbocycles. The second-order valence-electron chi connectivity index (χ2n) is 4.00. The predicted molar refractivity (Wildman–Crippen MR) is 58.0 cm³/mol. The van der Waals surface area contributed by atoms with Gasteiger partial charge in [-0.2, -0.15) is 5.10 Å². The third-order valence-electron chi connectivity index (χ3n) is 2.83. The molecule has 0 radical (unpaired) electrons. The maximum Gasteiger partial charge on any atom is 0.0537 e. The van der Waals surface area contributed by atoms with Crippen molar-refractivity contribution in [3.63, 3.8) is 0 Å². The number of hydrogen-bond acceptors (Lipinski definition) is 2. The Balaban J connectivity index is 1.70. The Morgan fingerprint density at radius 2 is 2.07 bits per heavy atom. The van der Waals surface area contributed by atoms with E-state index < -0.39 is 0 Å². The third-order valence-corrected chi connectivity index (χ3v) is 2.83. The summed E-state index contributed by atoms with van der Waals surface area (Å²) in [6, 6.07) is 10.6. The van der Waals surface area contributed by atoms with E-state index in [0.29, 0.717) is 0 Å². The average molecular weight is 199 g/mol. The maximum absolute atomic E-state index is 4.03. The van der Waals surface area contributed by atoms with Crippen LogP contribution in [-0.4, -0.2) is 15.1 Å². The number of aromatic nitrogens is 2. The number of nitrogens with zero attached hydrogens (tertiary/aromatic N) is 2. The van der Waals surface area contributed by atoms with E-state index >= 15 is 0 Å². The minimum atomic E-state index is 0.990. The van der Waals surface area contributed by atoms with E-state index in [1.165, 1.54) is 16.8 Å². The van der Waals surface area contributed by atoms with Gasteiger partial charge in [-0.3, -0.25) is 10.00 Å². The number of aromatic amines is 1. The molecule has 1 aromatic heterocycles. The number of hydrogen-bond donors (Lipinski definition) is 1. The Morgan fingerprint density at radius 1 is 1.20 bits per heavy atom. The highest BCUT2D eigenvalue weighted by Gasteiger charge is 2.20. The van der Waals surface area contributed by atoms with Gasteiger partial charge in [0.05, 0.1) is 11.9 Å². The van der Waals surface area contributed by atoms with Gasteiger partial charge in [-0.1, -0.05) is 30.3 Å². The van der Waals surface area contributed by atoms with Crippen LogP contribution < -0.4 is 0 Å². The van der Waals surface area contributed by atoms with Crippen LogP contribution in [-0.2, 0) is 19.6 Å². The lowest BCUT2D eigenvalue weighted by atomic mass is 10.2. The average Bonchev–Trinajstić information content (AvgIpc) is 2.79. The molecule has 2 heterocycles. The van der Waals surface area contributed by atoms with Crippen molar-refractivity contribution in [2.75, 3.05) is 0 Å². The molecule has 0 atom stereocenters. The number of benzene rings is 1. The van der Waals surface area contributed by atoms with E-state index in [1.807, 2.05) is 6.20 Å². The van der Waals surface area contributed by atoms with Crippen molar-refractivity contribution >= 4 is 0 Å². The molecule has 1 aliphatic rings. The second kappa shape index (κ2) is 3.51. The molecular formula is C12H13N3. The Bertz CT molecular complexity index is 426. The van der Waals surface area contributed by atoms with Gasteiger partial charge < -0.3 is 0 Å². The molecular weight excluding hydrogens is 186 g/mol. The molecule has 0 bridgehead atoms. The van der Waals surface area contributed by atoms with Crippen LogP contribution in [0.15, 0.2) is 36.5 Å². The van der Waals surface area contributed by atoms with Gasteiger partial charge in [-0.15, -0.1) is 0 Å². The van der Waals surface area contributed by atoms with Gasteiger partial charge in [-0.25, -0.2) is 0 Å². The Labute approximate surface area is 88.7 Å². The zero-order chi connectivity index (χ0) is 10.1. The lowest BCUT2D eigenvalue weighted by Crippen LogP contribution is -2.16. The molecule has 3 nitrogen and oxygen atoms in total. The Hall–Kier alpha value is -1.61. The summed E-state index contributed by atoms with van der Waals surface area (Å²) in [4.78, 5) is 2.41. The van der Waals surface area contributed by atoms with Crippen molar-refractivity contribution in [1.82, 2.24) is 15.1 Å². The molecule has 2 aromatic rings. The standard InChI is InChI=1S/C12H13N3/c1-2-4-10(5-3-1)7-15-8-11-6-13-14-12(11)9-15/h1-6H,7-9H2,(H,13,14). The molecule has 76 valence electrons. The van der Waals surface area contributed by atoms with Crippen molar-refractivity contribution in [3.05, 3.63) is 53.3 Å². The fourth-order valence-electron chi connectivity index (χ4n) is 2.08. The van der Waals surface area contributed by atoms with E-state index in [4.69, 9.17) is 0 Å². The topological polar surface area (TPSA) is 31.9 Å². The monoisotopic (exact) mass is 199 g/mol. The van der Waals surface area contributed by atoms with E-state index in [0.717, 1.165) is 19.6 Å². The first-order valence-corrected chi connectivity index (χ1v) is 5.19. The molecule has 0 saturated heterocycles. The highest BCUT2D eigenvalue weighted by molar-refractivity contribution is 5.22. The molecule has 15 heavy (non-hydrogen) atoms. The van der Waals surface area contributed by atoms with Crippen LogP contribution in [0.3, 0.4) is 0 Å². The quantitative estimate of drug-likeness (QED) is 0.801. The van der Waals surface area contributed by atoms with Gasteiger partial charge in [0, 0.05) is 25.2 Å². The summed E-state index contributed by atoms with van der Waals surface area (Å²) in [6.45, 7) is 3.02. The summed E-state index contributed by atoms with van der Waals surface area (Å²) >= 11 is 0. The second-order valence-corrected chi connectivity index (χ2v) is 4.00. The van der Waals surface area contributed by atoms with Crippen molar-refractivity contribution < 1.29 is 0 Å². The van der Waals surface area contributed by atoms with Crippen LogP contribution >= 0.6 is 0 Å². The van der Waals surface area contributed by atoms with Gasteiger partial charge in [0.2, 0.25) is 0 Å². The fraction of sp³-hybridized carbons (Fsp3) is 0.250. The SMILES string of the molecule is c1ccc(CN2Cc3cn[nH]c3C2)cc1. The summed E-state index contributed by atoms with van der Waals surface area (Å²) < 4.78 is 0. The minimum Gasteiger partial charge on any atom is -0.289 e. The Kier molecular flexibility index (Phi) is 2.03. The van der Waals surface area contributed by atoms with Gasteiger partial charge in [0.25, 0.3) is 0 Å². The number of nitrogens with one attached hydrogen (secondary N) is 1. The van der Waals surface area contributed by atoms with E-state index in [2.05, 4.69) is 45.4 Å². The highest BCUT2D eigenvalue weighted by Crippen LogP contribution is 2.21. The number of fused-ring (bicyclic) bond motifs is 1. The van der Waals surface area contributed by atoms with E-state index in [9.17, 15) is 0 Å². The normalized spacial score (nSPS) is 15.5. The smallest absolute Gasteiger partial charge is 0.0537 e. The van der Waals surface area contributed by atoms with Crippen LogP contribution in [0.1, 0.15) is 16.8 Å². The summed E-state index contributed by atoms with van der Waals surface area (Å²) in [5.41, 5.74) is 3.98. The van der Waals surface area contributed by atoms with Gasteiger partial charge >= 0.3 is 0 Å². The van der Waals surface area contributed by atoms with E-state index in [-0.39, 0.29) is 0 Å². The molecule has 0 saturated carbocycles. The van der Waals surface area contributed by atoms with Crippen LogP contribution in [0.4, 0.5) is 0 Å². The molecule has 3 heteroatoms. The van der Waals surface area contributed by atoms with Crippen LogP contribution in [0, 0.1) is 0 Å². The van der Waals surface area contributed by atoms with Gasteiger partial charge in [-0.05, 0) is 5.56 Å². The summed E-state index contributed by atoms with van der Waals surface area (Å²) in [5, 5.41) is 7.08. The minimum absolute atomic E-state index is 0.990. The Morgan fingerprint density at radius 3 is 2.87 bits per heavy atom. The molecule has 1 aliphatic heterocycles. The molecule has 1 N–H and O–H groups in total. The predicted octanol–water partition coefficient (Wildman–Crippen LogP) is 1.93. The summed E-state index contributed by atoms with van der Waals surface area (Å²) in [7, 11) is 0. The van der Waals surface area contributed by atoms with Crippen molar-refractivity contribution in [3.8, 4) is 0 Å². The zero-order valence-corrected chi connectivity index (χ0v) is 8.48. The molecule has 0 spiro atoms. The van der Waals surface area contributed by atoms with Crippen molar-refractivity contribution in [1.29, 1.82) is 0 Å². The molecule has 3 rings (SSSR count). The molecule has 1 aromatic carbocycles. The maximum atomic E-state index is 4.03. The van der Waals surface area contributed by atoms with Gasteiger partial charge in [0.1, 0.15) is 0 Å². The van der Waals surface area contributed by atoms with Crippen LogP contribution in [0.2, 0.25) is 0 Å². The highest BCUT2D eigenvalue weighted by atomic mass is 15.2. The first-order valence-electron chi connectivity index (χ1n) is 5.19. The molecule has 0 fully saturated rings. The molecule has 0 amide bonds. The van der Waals surface area contributed by atoms with E-state index in [1.54, 1.807) is 0 Å². The van der Waals surface area contributed by atoms with Gasteiger partial charge in [0.15, 0.2) is 0 Å². The first-order chi connectivity index (χ1) is 7.42. The lowest BCUT2D eigenvalue weighted by Gasteiger charge is -2.14. The lowest BCUT2D eigenvalue weighted by molar-refractivity contribution is 0.272. The van der Waals surface area contributed by atoms with Crippen molar-refractivity contribution in [2.45, 2.75) is 19.6 Å². The number of rotatable bonds is 2. The number of H-pyrrole nitrogens is 1. The van der Waals surface area contributed by atoms with Crippen molar-refractivity contribution in [2.24, 2.45) is 0 Å². The summed E-state index contributed by atoms with van der Waals surface area (Å²) in [5.74, 6) is 0. The summed E-state index contributed by atoms with van der Waals surface area (Å²) in [6.07, 6.45) is 1.93. The largest absolute Gasteiger partial charge is 0.289 e. The fourth-order valence-corrected chi connectivity index (χ4v) is 2.08. The zero-order valence-electron chi connectivity index (χ0n) is 8.48. The first kappa shape index (κ1) is 8.68.